The van der Waals surface area contributed by atoms with Crippen LogP contribution in [0.2, 0.25) is 0 Å². The van der Waals surface area contributed by atoms with Gasteiger partial charge in [-0.2, -0.15) is 4.99 Å². The van der Waals surface area contributed by atoms with Crippen molar-refractivity contribution in [2.24, 2.45) is 4.99 Å². The molecule has 4 nitrogen and oxygen atoms in total. The Labute approximate surface area is 117 Å². The minimum absolute atomic E-state index is 0.143. The highest BCUT2D eigenvalue weighted by molar-refractivity contribution is 5.36. The van der Waals surface area contributed by atoms with Crippen LogP contribution in [0.1, 0.15) is 17.2 Å². The summed E-state index contributed by atoms with van der Waals surface area (Å²) in [5.74, 6) is 0. The molecule has 1 unspecified atom stereocenters. The first-order valence-electron chi connectivity index (χ1n) is 6.01. The number of nitrogens with one attached hydrogen (secondary N) is 1. The zero-order valence-corrected chi connectivity index (χ0v) is 10.8. The topological polar surface area (TPSA) is 70.3 Å². The van der Waals surface area contributed by atoms with Gasteiger partial charge in [-0.3, -0.25) is 0 Å². The molecule has 0 aromatic heterocycles. The summed E-state index contributed by atoms with van der Waals surface area (Å²) in [7, 11) is 0. The molecule has 0 heterocycles. The average molecular weight is 266 g/mol. The lowest BCUT2D eigenvalue weighted by Crippen LogP contribution is -1.99. The lowest BCUT2D eigenvalue weighted by molar-refractivity contribution is 0.557. The van der Waals surface area contributed by atoms with Crippen LogP contribution in [0.4, 0.5) is 0 Å². The van der Waals surface area contributed by atoms with Crippen molar-refractivity contribution in [2.45, 2.75) is 12.5 Å². The zero-order valence-electron chi connectivity index (χ0n) is 10.8. The van der Waals surface area contributed by atoms with E-state index in [9.17, 15) is 4.79 Å². The van der Waals surface area contributed by atoms with Gasteiger partial charge in [0.05, 0.1) is 6.04 Å². The summed E-state index contributed by atoms with van der Waals surface area (Å²) in [6, 6.07) is 19.7. The molecule has 0 aliphatic rings. The molecule has 0 aliphatic heterocycles. The zero-order chi connectivity index (χ0) is 14.6. The summed E-state index contributed by atoms with van der Waals surface area (Å²) in [4.78, 5) is 22.7. The number of hydrogen-bond donors (Lipinski definition) is 1. The Morgan fingerprint density at radius 2 is 1.45 bits per heavy atom. The monoisotopic (exact) mass is 266 g/mol. The molecule has 2 aromatic carbocycles. The molecule has 1 atom stereocenters. The van der Waals surface area contributed by atoms with Gasteiger partial charge in [-0.15, -0.1) is 0 Å². The van der Waals surface area contributed by atoms with Crippen molar-refractivity contribution in [3.05, 3.63) is 71.8 Å². The van der Waals surface area contributed by atoms with Crippen LogP contribution in [0.5, 0.6) is 0 Å². The molecule has 4 heteroatoms. The second kappa shape index (κ2) is 9.17. The molecule has 0 spiro atoms. The van der Waals surface area contributed by atoms with E-state index in [4.69, 9.17) is 10.2 Å². The maximum Gasteiger partial charge on any atom is 0.235 e. The number of carbonyl (C=O) groups excluding carboxylic acids is 2. The quantitative estimate of drug-likeness (QED) is 0.681. The molecule has 0 saturated heterocycles. The molecular weight excluding hydrogens is 252 g/mol. The Hall–Kier alpha value is -2.80. The standard InChI is InChI=1S/C15H13NO.CHNO/c17-12-16-15(14-9-5-2-6-10-14)11-13-7-3-1-4-8-13;2-1-3/h1-10,15H,11H2;2H. The van der Waals surface area contributed by atoms with Crippen molar-refractivity contribution in [1.82, 2.24) is 0 Å². The van der Waals surface area contributed by atoms with Crippen molar-refractivity contribution in [2.75, 3.05) is 0 Å². The van der Waals surface area contributed by atoms with Gasteiger partial charge < -0.3 is 0 Å². The second-order valence-corrected chi connectivity index (χ2v) is 3.94. The first-order valence-corrected chi connectivity index (χ1v) is 6.01. The van der Waals surface area contributed by atoms with Gasteiger partial charge in [0.2, 0.25) is 12.2 Å². The molecular formula is C16H14N2O2. The van der Waals surface area contributed by atoms with Crippen LogP contribution in [0.15, 0.2) is 65.7 Å². The van der Waals surface area contributed by atoms with Gasteiger partial charge in [-0.25, -0.2) is 15.0 Å². The first kappa shape index (κ1) is 15.3. The van der Waals surface area contributed by atoms with E-state index in [0.29, 0.717) is 0 Å². The number of hydrogen-bond acceptors (Lipinski definition) is 4. The van der Waals surface area contributed by atoms with Crippen LogP contribution in [-0.4, -0.2) is 12.2 Å². The van der Waals surface area contributed by atoms with E-state index in [2.05, 4.69) is 4.99 Å². The number of rotatable bonds is 4. The van der Waals surface area contributed by atoms with Gasteiger partial charge in [-0.05, 0) is 17.5 Å². The Kier molecular flexibility index (Phi) is 7.00. The molecule has 2 rings (SSSR count). The van der Waals surface area contributed by atoms with Gasteiger partial charge >= 0.3 is 0 Å². The van der Waals surface area contributed by atoms with Crippen molar-refractivity contribution in [3.8, 4) is 0 Å². The summed E-state index contributed by atoms with van der Waals surface area (Å²) in [6.45, 7) is 0. The fourth-order valence-electron chi connectivity index (χ4n) is 1.81. The van der Waals surface area contributed by atoms with Crippen LogP contribution in [-0.2, 0) is 16.0 Å². The van der Waals surface area contributed by atoms with E-state index in [1.165, 1.54) is 5.56 Å². The maximum absolute atomic E-state index is 10.5. The minimum Gasteiger partial charge on any atom is -0.222 e. The summed E-state index contributed by atoms with van der Waals surface area (Å²) >= 11 is 0. The predicted octanol–water partition coefficient (Wildman–Crippen LogP) is 3.21. The van der Waals surface area contributed by atoms with E-state index in [1.54, 1.807) is 6.08 Å². The predicted molar refractivity (Wildman–Crippen MR) is 75.9 cm³/mol. The molecule has 0 aliphatic carbocycles. The number of isocyanates is 2. The third kappa shape index (κ3) is 5.23. The van der Waals surface area contributed by atoms with Crippen LogP contribution in [0.3, 0.4) is 0 Å². The van der Waals surface area contributed by atoms with Crippen molar-refractivity contribution in [1.29, 1.82) is 5.41 Å². The molecule has 1 N–H and O–H groups in total. The number of benzene rings is 2. The molecule has 20 heavy (non-hydrogen) atoms. The van der Waals surface area contributed by atoms with E-state index < -0.39 is 0 Å². The highest BCUT2D eigenvalue weighted by atomic mass is 16.1. The SMILES string of the molecule is N=C=O.O=C=NC(Cc1ccccc1)c1ccccc1. The summed E-state index contributed by atoms with van der Waals surface area (Å²) < 4.78 is 0. The smallest absolute Gasteiger partial charge is 0.222 e. The third-order valence-corrected chi connectivity index (χ3v) is 2.66. The third-order valence-electron chi connectivity index (χ3n) is 2.66. The summed E-state index contributed by atoms with van der Waals surface area (Å²) in [5, 5.41) is 5.40. The van der Waals surface area contributed by atoms with Crippen molar-refractivity contribution >= 4 is 12.2 Å². The maximum atomic E-state index is 10.5. The molecule has 0 bridgehead atoms. The minimum atomic E-state index is -0.143. The second-order valence-electron chi connectivity index (χ2n) is 3.94. The Morgan fingerprint density at radius 3 is 1.95 bits per heavy atom. The lowest BCUT2D eigenvalue weighted by atomic mass is 10.00. The van der Waals surface area contributed by atoms with Gasteiger partial charge in [0.15, 0.2) is 0 Å². The molecule has 0 saturated carbocycles. The van der Waals surface area contributed by atoms with E-state index in [0.717, 1.165) is 18.1 Å². The Morgan fingerprint density at radius 1 is 0.950 bits per heavy atom. The van der Waals surface area contributed by atoms with Gasteiger partial charge in [0.25, 0.3) is 0 Å². The van der Waals surface area contributed by atoms with Crippen LogP contribution in [0.25, 0.3) is 0 Å². The molecule has 0 fully saturated rings. The Balaban J connectivity index is 0.000000612. The van der Waals surface area contributed by atoms with Gasteiger partial charge in [0, 0.05) is 0 Å². The van der Waals surface area contributed by atoms with Crippen LogP contribution < -0.4 is 0 Å². The van der Waals surface area contributed by atoms with Crippen LogP contribution >= 0.6 is 0 Å². The molecule has 0 amide bonds. The Bertz CT molecular complexity index is 584. The fraction of sp³-hybridized carbons (Fsp3) is 0.125. The first-order chi connectivity index (χ1) is 9.81. The summed E-state index contributed by atoms with van der Waals surface area (Å²) in [6.07, 6.45) is 3.13. The van der Waals surface area contributed by atoms with Gasteiger partial charge in [0.1, 0.15) is 0 Å². The van der Waals surface area contributed by atoms with Gasteiger partial charge in [-0.1, -0.05) is 60.7 Å². The van der Waals surface area contributed by atoms with Crippen molar-refractivity contribution < 1.29 is 9.59 Å². The normalized spacial score (nSPS) is 10.2. The number of aliphatic imine (C=N–C) groups is 1. The van der Waals surface area contributed by atoms with E-state index in [-0.39, 0.29) is 6.04 Å². The summed E-state index contributed by atoms with van der Waals surface area (Å²) in [5.41, 5.74) is 2.21. The molecule has 100 valence electrons. The van der Waals surface area contributed by atoms with Crippen molar-refractivity contribution in [3.63, 3.8) is 0 Å². The lowest BCUT2D eigenvalue weighted by Gasteiger charge is -2.10. The van der Waals surface area contributed by atoms with E-state index in [1.807, 2.05) is 60.7 Å². The van der Waals surface area contributed by atoms with Crippen LogP contribution in [0, 0.1) is 5.41 Å². The average Bonchev–Trinajstić information content (AvgIpc) is 2.50. The largest absolute Gasteiger partial charge is 0.235 e. The molecule has 0 radical (unpaired) electrons. The molecule has 2 aromatic rings. The van der Waals surface area contributed by atoms with E-state index >= 15 is 0 Å². The fourth-order valence-corrected chi connectivity index (χ4v) is 1.81. The highest BCUT2D eigenvalue weighted by Gasteiger charge is 2.10. The number of nitrogens with zero attached hydrogens (tertiary/aromatic N) is 1. The highest BCUT2D eigenvalue weighted by Crippen LogP contribution is 2.21.